The molecule has 1 aromatic carbocycles. The Hall–Kier alpha value is -3.12. The van der Waals surface area contributed by atoms with E-state index in [9.17, 15) is 68.7 Å². The molecular formula is C42H76N8O19P2. The van der Waals surface area contributed by atoms with Gasteiger partial charge in [0, 0.05) is 118 Å². The molecule has 2 aliphatic heterocycles. The van der Waals surface area contributed by atoms with Crippen molar-refractivity contribution in [3.63, 3.8) is 0 Å². The number of ether oxygens (including phenoxy) is 3. The van der Waals surface area contributed by atoms with Crippen LogP contribution in [0.1, 0.15) is 5.56 Å². The molecule has 2 fully saturated rings. The third kappa shape index (κ3) is 30.6. The minimum absolute atomic E-state index is 0.00241. The zero-order valence-corrected chi connectivity index (χ0v) is 42.3. The van der Waals surface area contributed by atoms with Gasteiger partial charge >= 0.3 is 40.4 Å². The van der Waals surface area contributed by atoms with E-state index in [2.05, 4.69) is 0 Å². The third-order valence-electron chi connectivity index (χ3n) is 11.5. The van der Waals surface area contributed by atoms with E-state index in [0.717, 1.165) is 5.56 Å². The summed E-state index contributed by atoms with van der Waals surface area (Å²) in [7, 11) is -6.46. The van der Waals surface area contributed by atoms with Crippen LogP contribution < -0.4 is 0 Å². The van der Waals surface area contributed by atoms with E-state index in [-0.39, 0.29) is 138 Å². The summed E-state index contributed by atoms with van der Waals surface area (Å²) < 4.78 is 50.5. The van der Waals surface area contributed by atoms with Gasteiger partial charge < -0.3 is 54.6 Å². The maximum atomic E-state index is 11.7. The lowest BCUT2D eigenvalue weighted by atomic mass is 10.2. The van der Waals surface area contributed by atoms with Crippen molar-refractivity contribution in [1.29, 1.82) is 0 Å². The van der Waals surface area contributed by atoms with Crippen molar-refractivity contribution in [2.75, 3.05) is 184 Å². The molecule has 27 nitrogen and oxygen atoms in total. The highest BCUT2D eigenvalue weighted by Crippen LogP contribution is 2.16. The molecule has 408 valence electrons. The fourth-order valence-corrected chi connectivity index (χ4v) is 8.36. The van der Waals surface area contributed by atoms with Gasteiger partial charge in [0.25, 0.3) is 0 Å². The number of aliphatic hydroxyl groups excluding tert-OH is 2. The second-order valence-corrected chi connectivity index (χ2v) is 19.0. The first-order valence-electron chi connectivity index (χ1n) is 23.5. The summed E-state index contributed by atoms with van der Waals surface area (Å²) in [4.78, 5) is 79.4. The van der Waals surface area contributed by atoms with Gasteiger partial charge in [0.2, 0.25) is 0 Å². The van der Waals surface area contributed by atoms with E-state index in [1.54, 1.807) is 29.4 Å². The fourth-order valence-electron chi connectivity index (χ4n) is 7.78. The van der Waals surface area contributed by atoms with Crippen LogP contribution >= 0.6 is 16.5 Å². The molecule has 0 bridgehead atoms. The van der Waals surface area contributed by atoms with Gasteiger partial charge in [-0.05, 0) is 5.56 Å². The zero-order valence-electron chi connectivity index (χ0n) is 40.3. The van der Waals surface area contributed by atoms with Crippen LogP contribution in [0.2, 0.25) is 0 Å². The van der Waals surface area contributed by atoms with Crippen LogP contribution in [0.25, 0.3) is 0 Å². The summed E-state index contributed by atoms with van der Waals surface area (Å²) >= 11 is 0. The molecule has 0 amide bonds. The number of rotatable bonds is 29. The maximum Gasteiger partial charge on any atom is 0.317 e. The molecular weight excluding hydrogens is 982 g/mol. The predicted octanol–water partition coefficient (Wildman–Crippen LogP) is -3.18. The van der Waals surface area contributed by atoms with Crippen LogP contribution in [0.15, 0.2) is 30.3 Å². The molecule has 0 saturated carbocycles. The van der Waals surface area contributed by atoms with Gasteiger partial charge in [-0.1, -0.05) is 30.3 Å². The number of benzene rings is 1. The number of β-amino-alcohol motifs (C(OH)–C–C–N with tert-alkyl or cyclic N) is 2. The van der Waals surface area contributed by atoms with Crippen molar-refractivity contribution in [1.82, 2.24) is 39.2 Å². The van der Waals surface area contributed by atoms with Gasteiger partial charge in [0.05, 0.1) is 71.4 Å². The van der Waals surface area contributed by atoms with Crippen molar-refractivity contribution >= 4 is 40.4 Å². The largest absolute Gasteiger partial charge is 0.480 e. The molecule has 3 rings (SSSR count). The van der Waals surface area contributed by atoms with E-state index in [4.69, 9.17) is 23.3 Å². The average molecular weight is 1060 g/mol. The normalized spacial score (nSPS) is 20.6. The van der Waals surface area contributed by atoms with E-state index < -0.39 is 58.7 Å². The van der Waals surface area contributed by atoms with Crippen LogP contribution in [-0.4, -0.2) is 306 Å². The van der Waals surface area contributed by atoms with Gasteiger partial charge in [-0.15, -0.1) is 0 Å². The lowest BCUT2D eigenvalue weighted by Crippen LogP contribution is -2.49. The minimum Gasteiger partial charge on any atom is -0.480 e. The van der Waals surface area contributed by atoms with E-state index in [1.807, 2.05) is 40.1 Å². The highest BCUT2D eigenvalue weighted by molar-refractivity contribution is 7.32. The molecule has 0 radical (unpaired) electrons. The standard InChI is InChI=1S/C42H76N8O19P2/c51-36(22-43-6-10-45(24-39(53)54)14-18-49(33-68-70(61)62)19-15-46(11-7-43)25-40(55)56)29-65-31-38(67-28-35-4-2-1-3-5-35)32-66-30-37(52)23-44-8-12-47(26-41(57)58)16-20-50(34-69-71(63)64)21-17-48(13-9-44)27-42(59)60/h1-5,36-38,51-52,70-71H,6-34H2,(H,53,54)(H,55,56)(H,57,58)(H,59,60)(H,61,62)(H,63,64). The van der Waals surface area contributed by atoms with Crippen molar-refractivity contribution in [2.45, 2.75) is 24.9 Å². The first-order chi connectivity index (χ1) is 33.9. The molecule has 0 aliphatic carbocycles. The molecule has 29 heteroatoms. The quantitative estimate of drug-likeness (QED) is 0.0367. The van der Waals surface area contributed by atoms with Crippen LogP contribution in [0.4, 0.5) is 0 Å². The van der Waals surface area contributed by atoms with Gasteiger partial charge in [-0.3, -0.25) is 76.6 Å². The Balaban J connectivity index is 1.63. The molecule has 2 heterocycles. The lowest BCUT2D eigenvalue weighted by Gasteiger charge is -2.34. The van der Waals surface area contributed by atoms with Crippen LogP contribution in [0, 0.1) is 0 Å². The number of aliphatic carboxylic acids is 4. The van der Waals surface area contributed by atoms with Crippen LogP contribution in [-0.2, 0) is 58.2 Å². The minimum atomic E-state index is -3.23. The smallest absolute Gasteiger partial charge is 0.317 e. The average Bonchev–Trinajstić information content (AvgIpc) is 3.29. The maximum absolute atomic E-state index is 11.7. The second-order valence-electron chi connectivity index (χ2n) is 17.4. The molecule has 8 N–H and O–H groups in total. The predicted molar refractivity (Wildman–Crippen MR) is 255 cm³/mol. The zero-order chi connectivity index (χ0) is 52.0. The molecule has 0 spiro atoms. The van der Waals surface area contributed by atoms with Crippen LogP contribution in [0.3, 0.4) is 0 Å². The van der Waals surface area contributed by atoms with Gasteiger partial charge in [-0.2, -0.15) is 0 Å². The highest BCUT2D eigenvalue weighted by atomic mass is 31.1. The molecule has 0 aromatic heterocycles. The van der Waals surface area contributed by atoms with Crippen molar-refractivity contribution in [3.8, 4) is 0 Å². The summed E-state index contributed by atoms with van der Waals surface area (Å²) in [5.41, 5.74) is 0.887. The van der Waals surface area contributed by atoms with Crippen molar-refractivity contribution < 1.29 is 92.0 Å². The summed E-state index contributed by atoms with van der Waals surface area (Å²) in [6.07, 6.45) is -2.67. The monoisotopic (exact) mass is 1060 g/mol. The summed E-state index contributed by atoms with van der Waals surface area (Å²) in [6.45, 7) is 3.51. The fraction of sp³-hybridized carbons (Fsp3) is 0.762. The Morgan fingerprint density at radius 2 is 0.761 bits per heavy atom. The van der Waals surface area contributed by atoms with Crippen LogP contribution in [0.5, 0.6) is 0 Å². The number of hydrogen-bond acceptors (Lipinski definition) is 21. The topological polar surface area (TPSA) is 336 Å². The number of carbonyl (C=O) groups is 4. The number of aliphatic hydroxyl groups is 2. The number of nitrogens with zero attached hydrogens (tertiary/aromatic N) is 8. The van der Waals surface area contributed by atoms with Gasteiger partial charge in [0.15, 0.2) is 0 Å². The van der Waals surface area contributed by atoms with Gasteiger partial charge in [0.1, 0.15) is 19.6 Å². The Labute approximate surface area is 415 Å². The molecule has 4 unspecified atom stereocenters. The molecule has 2 saturated heterocycles. The molecule has 1 aromatic rings. The SMILES string of the molecule is O=C(O)CN1CCN(CO[PH](=O)O)CCN(CC(=O)O)CCN(CC(O)COCC(COCC(O)CN2CCN(CC(=O)O)CCN(CO[PH](=O)O)CCN(CC(=O)O)CC2)OCc2ccccc2)CC1. The number of hydrogen-bond donors (Lipinski definition) is 8. The summed E-state index contributed by atoms with van der Waals surface area (Å²) in [6, 6.07) is 9.40. The third-order valence-corrected chi connectivity index (χ3v) is 12.3. The number of carboxylic acids is 4. The second kappa shape index (κ2) is 35.9. The first kappa shape index (κ1) is 62.2. The Bertz CT molecular complexity index is 1570. The summed E-state index contributed by atoms with van der Waals surface area (Å²) in [5, 5.41) is 60.8. The Morgan fingerprint density at radius 3 is 1.06 bits per heavy atom. The molecule has 4 atom stereocenters. The van der Waals surface area contributed by atoms with E-state index in [1.165, 1.54) is 0 Å². The number of carboxylic acid groups (broad SMARTS) is 4. The summed E-state index contributed by atoms with van der Waals surface area (Å²) in [5.74, 6) is -4.16. The highest BCUT2D eigenvalue weighted by Gasteiger charge is 2.24. The van der Waals surface area contributed by atoms with Crippen molar-refractivity contribution in [2.24, 2.45) is 0 Å². The van der Waals surface area contributed by atoms with E-state index >= 15 is 0 Å². The molecule has 71 heavy (non-hydrogen) atoms. The Morgan fingerprint density at radius 1 is 0.465 bits per heavy atom. The first-order valence-corrected chi connectivity index (χ1v) is 26.0. The van der Waals surface area contributed by atoms with E-state index in [0.29, 0.717) is 52.4 Å². The lowest BCUT2D eigenvalue weighted by molar-refractivity contribution is -0.139. The molecule has 2 aliphatic rings. The van der Waals surface area contributed by atoms with Gasteiger partial charge in [-0.25, -0.2) is 0 Å². The Kier molecular flexibility index (Phi) is 31.5. The van der Waals surface area contributed by atoms with Crippen molar-refractivity contribution in [3.05, 3.63) is 35.9 Å².